The first kappa shape index (κ1) is 48.5. The van der Waals surface area contributed by atoms with E-state index in [0.717, 1.165) is 89.4 Å². The van der Waals surface area contributed by atoms with E-state index < -0.39 is 28.6 Å². The van der Waals surface area contributed by atoms with E-state index in [4.69, 9.17) is 4.74 Å². The molecule has 0 spiro atoms. The van der Waals surface area contributed by atoms with Gasteiger partial charge in [0.05, 0.1) is 17.1 Å². The normalized spacial score (nSPS) is 20.4. The second kappa shape index (κ2) is 20.6. The number of nitrogens with zero attached hydrogens (tertiary/aromatic N) is 3. The number of carbonyl (C=O) groups is 1. The number of hydrogen-bond donors (Lipinski definition) is 4. The van der Waals surface area contributed by atoms with Crippen LogP contribution in [-0.2, 0) is 32.2 Å². The second-order valence-corrected chi connectivity index (χ2v) is 21.0. The highest BCUT2D eigenvalue weighted by Crippen LogP contribution is 2.49. The Kier molecular flexibility index (Phi) is 15.4. The molecule has 3 aliphatic heterocycles. The smallest absolute Gasteiger partial charge is 0.457 e. The van der Waals surface area contributed by atoms with Crippen LogP contribution in [0, 0.1) is 0 Å². The number of unbranched alkanes of at least 4 members (excludes halogenated alkanes) is 2. The van der Waals surface area contributed by atoms with Crippen molar-refractivity contribution in [1.29, 1.82) is 0 Å². The van der Waals surface area contributed by atoms with Crippen molar-refractivity contribution in [2.45, 2.75) is 127 Å². The van der Waals surface area contributed by atoms with Gasteiger partial charge in [-0.2, -0.15) is 13.0 Å². The molecular formula is C51H65BN3O8S2+. The Hall–Kier alpha value is -4.44. The molecule has 1 aliphatic carbocycles. The maximum absolute atomic E-state index is 13.1. The third kappa shape index (κ3) is 10.9. The fourth-order valence-electron chi connectivity index (χ4n) is 10.1. The van der Waals surface area contributed by atoms with Crippen LogP contribution in [0.25, 0.3) is 0 Å². The largest absolute Gasteiger partial charge is 0.475 e. The molecule has 7 rings (SSSR count). The van der Waals surface area contributed by atoms with Gasteiger partial charge < -0.3 is 29.1 Å². The first-order valence-electron chi connectivity index (χ1n) is 23.2. The molecule has 3 aromatic rings. The third-order valence-corrected chi connectivity index (χ3v) is 14.9. The number of rotatable bonds is 18. The highest BCUT2D eigenvalue weighted by Gasteiger charge is 2.44. The highest BCUT2D eigenvalue weighted by molar-refractivity contribution is 7.93. The lowest BCUT2D eigenvalue weighted by Gasteiger charge is -2.27. The Morgan fingerprint density at radius 2 is 1.71 bits per heavy atom. The van der Waals surface area contributed by atoms with Crippen LogP contribution in [0.4, 0.5) is 11.4 Å². The van der Waals surface area contributed by atoms with Crippen LogP contribution in [0.5, 0.6) is 5.75 Å². The molecule has 1 atom stereocenters. The van der Waals surface area contributed by atoms with Crippen molar-refractivity contribution in [3.05, 3.63) is 130 Å². The lowest BCUT2D eigenvalue weighted by Crippen LogP contribution is -2.45. The van der Waals surface area contributed by atoms with Gasteiger partial charge in [-0.25, -0.2) is 0 Å². The number of ether oxygens (including phenoxy) is 1. The molecule has 4 N–H and O–H groups in total. The van der Waals surface area contributed by atoms with Gasteiger partial charge in [-0.15, -0.1) is 0 Å². The van der Waals surface area contributed by atoms with Crippen LogP contribution in [0.1, 0.15) is 116 Å². The zero-order chi connectivity index (χ0) is 46.5. The lowest BCUT2D eigenvalue weighted by atomic mass is 9.78. The number of aryl methyl sites for hydroxylation is 1. The molecule has 14 heteroatoms. The van der Waals surface area contributed by atoms with Gasteiger partial charge in [0.25, 0.3) is 10.1 Å². The van der Waals surface area contributed by atoms with Crippen LogP contribution >= 0.6 is 12.0 Å². The SMILES string of the molecule is CCCC[N+]1=C(/C=C/C2=C(Oc3ccc(CCC(=O)N4CCC[C@H]4B(O)O)cc3)C(=C/C=C3/N(CCCCS(=O)(=O)O)c4ccc(SO)cc4C3(C)C)/CCC2)C(C)(C)c2ccccc21. The summed E-state index contributed by atoms with van der Waals surface area (Å²) in [4.78, 5) is 17.7. The Morgan fingerprint density at radius 1 is 0.938 bits per heavy atom. The van der Waals surface area contributed by atoms with Crippen LogP contribution in [0.2, 0.25) is 0 Å². The number of amides is 1. The van der Waals surface area contributed by atoms with E-state index in [0.29, 0.717) is 56.6 Å². The third-order valence-electron chi connectivity index (χ3n) is 13.6. The number of carbonyl (C=O) groups excluding carboxylic acids is 1. The number of fused-ring (bicyclic) bond motifs is 2. The zero-order valence-electron chi connectivity index (χ0n) is 38.5. The monoisotopic (exact) mass is 922 g/mol. The summed E-state index contributed by atoms with van der Waals surface area (Å²) >= 11 is 0.712. The number of anilines is 1. The average Bonchev–Trinajstić information content (AvgIpc) is 3.92. The minimum atomic E-state index is -4.08. The number of para-hydroxylation sites is 1. The maximum Gasteiger partial charge on any atom is 0.475 e. The van der Waals surface area contributed by atoms with Crippen molar-refractivity contribution in [3.63, 3.8) is 0 Å². The predicted octanol–water partition coefficient (Wildman–Crippen LogP) is 9.71. The van der Waals surface area contributed by atoms with Gasteiger partial charge in [0, 0.05) is 77.4 Å². The van der Waals surface area contributed by atoms with Crippen molar-refractivity contribution >= 4 is 52.3 Å². The molecule has 1 fully saturated rings. The molecule has 0 radical (unpaired) electrons. The van der Waals surface area contributed by atoms with E-state index in [-0.39, 0.29) is 23.5 Å². The summed E-state index contributed by atoms with van der Waals surface area (Å²) in [5.74, 6) is 0.556. The number of likely N-dealkylation sites (tertiary alicyclic amines) is 1. The minimum absolute atomic E-state index is 0.0776. The first-order valence-corrected chi connectivity index (χ1v) is 25.6. The van der Waals surface area contributed by atoms with Gasteiger partial charge >= 0.3 is 7.12 Å². The summed E-state index contributed by atoms with van der Waals surface area (Å²) in [5.41, 5.74) is 9.41. The van der Waals surface area contributed by atoms with Crippen molar-refractivity contribution in [1.82, 2.24) is 4.90 Å². The fourth-order valence-corrected chi connectivity index (χ4v) is 10.9. The van der Waals surface area contributed by atoms with E-state index in [1.54, 1.807) is 4.90 Å². The Bertz CT molecular complexity index is 2510. The average molecular weight is 923 g/mol. The van der Waals surface area contributed by atoms with Gasteiger partial charge in [-0.3, -0.25) is 9.35 Å². The molecule has 0 aromatic heterocycles. The summed E-state index contributed by atoms with van der Waals surface area (Å²) in [5, 5.41) is 19.6. The Morgan fingerprint density at radius 3 is 2.43 bits per heavy atom. The summed E-state index contributed by atoms with van der Waals surface area (Å²) in [6.45, 7) is 13.2. The zero-order valence-corrected chi connectivity index (χ0v) is 40.1. The fraction of sp³-hybridized carbons (Fsp3) is 0.451. The molecule has 3 heterocycles. The first-order chi connectivity index (χ1) is 31.0. The molecule has 0 bridgehead atoms. The maximum atomic E-state index is 13.1. The number of benzene rings is 3. The minimum Gasteiger partial charge on any atom is -0.457 e. The van der Waals surface area contributed by atoms with Crippen molar-refractivity contribution < 1.29 is 41.7 Å². The van der Waals surface area contributed by atoms with Crippen LogP contribution < -0.4 is 9.64 Å². The van der Waals surface area contributed by atoms with Crippen LogP contribution in [0.3, 0.4) is 0 Å². The molecule has 1 saturated heterocycles. The summed E-state index contributed by atoms with van der Waals surface area (Å²) in [7, 11) is -5.61. The van der Waals surface area contributed by atoms with E-state index in [1.807, 2.05) is 42.5 Å². The molecule has 11 nitrogen and oxygen atoms in total. The van der Waals surface area contributed by atoms with Gasteiger partial charge in [0.1, 0.15) is 18.1 Å². The van der Waals surface area contributed by atoms with Gasteiger partial charge in [0.2, 0.25) is 11.6 Å². The standard InChI is InChI=1S/C51H64BN3O8S2/c1-6-7-31-53-43-17-9-8-16-41(43)50(2,3)45(53)28-22-37-14-12-15-38(49(37)63-39-24-19-36(20-25-39)21-30-48(56)55-33-13-18-47(55)52(57)58)23-29-46-51(4,5)42-35-40(64-59)26-27-44(42)54(46)32-10-11-34-65(60,61)62/h8-9,16-17,19-20,22-29,35,47,57-58H,6-7,10-15,18,21,30-34H2,1-5H3,(H-,59,60,61,62)/p+1/t47-/m0/s1. The van der Waals surface area contributed by atoms with E-state index >= 15 is 0 Å². The molecule has 0 unspecified atom stereocenters. The van der Waals surface area contributed by atoms with E-state index in [1.165, 1.54) is 17.0 Å². The molecule has 1 amide bonds. The number of hydrogen-bond acceptors (Lipinski definition) is 9. The lowest BCUT2D eigenvalue weighted by molar-refractivity contribution is -0.438. The predicted molar refractivity (Wildman–Crippen MR) is 262 cm³/mol. The molecule has 3 aromatic carbocycles. The molecule has 65 heavy (non-hydrogen) atoms. The summed E-state index contributed by atoms with van der Waals surface area (Å²) in [6.07, 6.45) is 16.6. The molecule has 0 saturated carbocycles. The van der Waals surface area contributed by atoms with Crippen LogP contribution in [0.15, 0.2) is 119 Å². The quantitative estimate of drug-likeness (QED) is 0.0319. The topological polar surface area (TPSA) is 151 Å². The number of allylic oxidation sites excluding steroid dienone is 7. The van der Waals surface area contributed by atoms with Gasteiger partial charge in [0.15, 0.2) is 5.71 Å². The Balaban J connectivity index is 1.24. The van der Waals surface area contributed by atoms with Crippen LogP contribution in [-0.4, -0.2) is 87.1 Å². The molecular weight excluding hydrogens is 858 g/mol. The molecule has 4 aliphatic rings. The molecule has 346 valence electrons. The van der Waals surface area contributed by atoms with Gasteiger partial charge in [-0.05, 0) is 130 Å². The van der Waals surface area contributed by atoms with E-state index in [2.05, 4.69) is 92.7 Å². The van der Waals surface area contributed by atoms with Crippen molar-refractivity contribution in [3.8, 4) is 5.75 Å². The van der Waals surface area contributed by atoms with Crippen molar-refractivity contribution in [2.75, 3.05) is 30.3 Å². The Labute approximate surface area is 390 Å². The highest BCUT2D eigenvalue weighted by atomic mass is 32.2. The second-order valence-electron chi connectivity index (χ2n) is 18.8. The van der Waals surface area contributed by atoms with Crippen molar-refractivity contribution in [2.24, 2.45) is 0 Å². The summed E-state index contributed by atoms with van der Waals surface area (Å²) < 4.78 is 52.0. The van der Waals surface area contributed by atoms with E-state index in [9.17, 15) is 32.4 Å². The summed E-state index contributed by atoms with van der Waals surface area (Å²) in [6, 6.07) is 22.5. The van der Waals surface area contributed by atoms with Gasteiger partial charge in [-0.1, -0.05) is 63.6 Å².